The topological polar surface area (TPSA) is 0 Å². The van der Waals surface area contributed by atoms with Crippen molar-refractivity contribution in [2.24, 2.45) is 11.8 Å². The van der Waals surface area contributed by atoms with Gasteiger partial charge in [-0.05, 0) is 36.0 Å². The molecular formula is C16H22F4. The highest BCUT2D eigenvalue weighted by Crippen LogP contribution is 2.24. The first-order chi connectivity index (χ1) is 9.03. The molecule has 0 spiro atoms. The third kappa shape index (κ3) is 8.73. The van der Waals surface area contributed by atoms with Crippen LogP contribution in [0.3, 0.4) is 0 Å². The second kappa shape index (κ2) is 8.08. The molecule has 0 aromatic heterocycles. The van der Waals surface area contributed by atoms with Gasteiger partial charge in [-0.15, -0.1) is 0 Å². The average Bonchev–Trinajstić information content (AvgIpc) is 2.31. The Bertz CT molecular complexity index is 397. The quantitative estimate of drug-likeness (QED) is 0.390. The van der Waals surface area contributed by atoms with Gasteiger partial charge >= 0.3 is 6.18 Å². The van der Waals surface area contributed by atoms with E-state index in [0.29, 0.717) is 17.6 Å². The maximum absolute atomic E-state index is 13.7. The van der Waals surface area contributed by atoms with E-state index in [9.17, 15) is 17.6 Å². The van der Waals surface area contributed by atoms with E-state index in [1.807, 2.05) is 6.92 Å². The Morgan fingerprint density at radius 1 is 1.10 bits per heavy atom. The summed E-state index contributed by atoms with van der Waals surface area (Å²) in [5, 5.41) is 0. The molecule has 0 fully saturated rings. The molecule has 0 aromatic rings. The molecule has 0 aliphatic carbocycles. The van der Waals surface area contributed by atoms with Crippen molar-refractivity contribution >= 4 is 0 Å². The molecule has 0 rings (SSSR count). The van der Waals surface area contributed by atoms with Gasteiger partial charge in [0, 0.05) is 11.6 Å². The lowest BCUT2D eigenvalue weighted by Gasteiger charge is -2.13. The summed E-state index contributed by atoms with van der Waals surface area (Å²) in [6, 6.07) is 0. The minimum Gasteiger partial charge on any atom is -0.206 e. The average molecular weight is 290 g/mol. The number of rotatable bonds is 7. The van der Waals surface area contributed by atoms with Crippen LogP contribution < -0.4 is 0 Å². The summed E-state index contributed by atoms with van der Waals surface area (Å²) in [5.74, 6) is -0.154. The molecule has 1 atom stereocenters. The van der Waals surface area contributed by atoms with Gasteiger partial charge in [0.15, 0.2) is 0 Å². The number of alkyl halides is 3. The summed E-state index contributed by atoms with van der Waals surface area (Å²) in [5.41, 5.74) is 0.254. The lowest BCUT2D eigenvalue weighted by atomic mass is 9.93. The van der Waals surface area contributed by atoms with Gasteiger partial charge in [0.2, 0.25) is 0 Å². The molecule has 4 heteroatoms. The van der Waals surface area contributed by atoms with Crippen molar-refractivity contribution in [1.29, 1.82) is 0 Å². The number of halogens is 4. The lowest BCUT2D eigenvalue weighted by Crippen LogP contribution is -2.01. The lowest BCUT2D eigenvalue weighted by molar-refractivity contribution is -0.0798. The van der Waals surface area contributed by atoms with Crippen molar-refractivity contribution in [3.63, 3.8) is 0 Å². The molecule has 0 aliphatic heterocycles. The molecule has 0 saturated heterocycles. The maximum Gasteiger partial charge on any atom is 0.409 e. The standard InChI is InChI=1S/C16H22F4/c1-11(2)6-7-12(3)14(5)10-15(17)13(4)8-9-16(18,19)20/h8-12H,4-7H2,1-3H3/b9-8+,15-10+. The normalized spacial score (nSPS) is 14.9. The van der Waals surface area contributed by atoms with Crippen molar-refractivity contribution in [3.8, 4) is 0 Å². The Morgan fingerprint density at radius 2 is 1.65 bits per heavy atom. The van der Waals surface area contributed by atoms with Crippen molar-refractivity contribution in [1.82, 2.24) is 0 Å². The van der Waals surface area contributed by atoms with Crippen LogP contribution in [0.25, 0.3) is 0 Å². The fourth-order valence-electron chi connectivity index (χ4n) is 1.44. The van der Waals surface area contributed by atoms with Crippen LogP contribution in [0.2, 0.25) is 0 Å². The zero-order chi connectivity index (χ0) is 15.9. The van der Waals surface area contributed by atoms with E-state index in [-0.39, 0.29) is 17.6 Å². The summed E-state index contributed by atoms with van der Waals surface area (Å²) >= 11 is 0. The number of allylic oxidation sites excluding steroid dienone is 6. The molecule has 0 amide bonds. The van der Waals surface area contributed by atoms with E-state index >= 15 is 0 Å². The van der Waals surface area contributed by atoms with Gasteiger partial charge in [-0.25, -0.2) is 4.39 Å². The zero-order valence-corrected chi connectivity index (χ0v) is 12.2. The second-order valence-corrected chi connectivity index (χ2v) is 5.34. The van der Waals surface area contributed by atoms with Crippen LogP contribution in [0.4, 0.5) is 17.6 Å². The third-order valence-electron chi connectivity index (χ3n) is 2.90. The highest BCUT2D eigenvalue weighted by atomic mass is 19.4. The molecule has 0 nitrogen and oxygen atoms in total. The Morgan fingerprint density at radius 3 is 2.10 bits per heavy atom. The van der Waals surface area contributed by atoms with Gasteiger partial charge in [0.1, 0.15) is 5.83 Å². The van der Waals surface area contributed by atoms with Gasteiger partial charge in [-0.1, -0.05) is 40.3 Å². The number of hydrogen-bond donors (Lipinski definition) is 0. The Balaban J connectivity index is 4.60. The van der Waals surface area contributed by atoms with Crippen LogP contribution in [0.1, 0.15) is 33.6 Å². The Hall–Kier alpha value is -1.32. The molecule has 0 heterocycles. The molecule has 0 aliphatic rings. The van der Waals surface area contributed by atoms with Gasteiger partial charge in [-0.2, -0.15) is 13.2 Å². The minimum absolute atomic E-state index is 0.0340. The Kier molecular flexibility index (Phi) is 7.54. The summed E-state index contributed by atoms with van der Waals surface area (Å²) < 4.78 is 49.5. The van der Waals surface area contributed by atoms with Crippen LogP contribution in [-0.2, 0) is 0 Å². The Labute approximate surface area is 118 Å². The third-order valence-corrected chi connectivity index (χ3v) is 2.90. The molecule has 0 N–H and O–H groups in total. The second-order valence-electron chi connectivity index (χ2n) is 5.34. The van der Waals surface area contributed by atoms with Gasteiger partial charge in [0.25, 0.3) is 0 Å². The summed E-state index contributed by atoms with van der Waals surface area (Å²) in [4.78, 5) is 0. The summed E-state index contributed by atoms with van der Waals surface area (Å²) in [6.07, 6.45) is -0.861. The van der Waals surface area contributed by atoms with E-state index in [2.05, 4.69) is 27.0 Å². The van der Waals surface area contributed by atoms with Crippen LogP contribution >= 0.6 is 0 Å². The largest absolute Gasteiger partial charge is 0.409 e. The summed E-state index contributed by atoms with van der Waals surface area (Å²) in [6.45, 7) is 13.1. The van der Waals surface area contributed by atoms with Crippen molar-refractivity contribution < 1.29 is 17.6 Å². The first-order valence-corrected chi connectivity index (χ1v) is 6.54. The SMILES string of the molecule is C=C(/C=C/C(F)(F)F)/C(F)=C\C(=C)C(C)CCC(C)C. The van der Waals surface area contributed by atoms with Crippen LogP contribution in [0.15, 0.2) is 48.4 Å². The highest BCUT2D eigenvalue weighted by Gasteiger charge is 2.22. The van der Waals surface area contributed by atoms with Crippen molar-refractivity contribution in [3.05, 3.63) is 48.4 Å². The monoisotopic (exact) mass is 290 g/mol. The maximum atomic E-state index is 13.7. The van der Waals surface area contributed by atoms with Crippen molar-refractivity contribution in [2.45, 2.75) is 39.8 Å². The minimum atomic E-state index is -4.47. The zero-order valence-electron chi connectivity index (χ0n) is 12.2. The van der Waals surface area contributed by atoms with E-state index in [4.69, 9.17) is 0 Å². The number of hydrogen-bond acceptors (Lipinski definition) is 0. The van der Waals surface area contributed by atoms with Gasteiger partial charge < -0.3 is 0 Å². The van der Waals surface area contributed by atoms with E-state index in [1.54, 1.807) is 0 Å². The van der Waals surface area contributed by atoms with E-state index < -0.39 is 12.0 Å². The van der Waals surface area contributed by atoms with E-state index in [1.165, 1.54) is 0 Å². The molecule has 20 heavy (non-hydrogen) atoms. The van der Waals surface area contributed by atoms with Gasteiger partial charge in [0.05, 0.1) is 0 Å². The molecule has 0 aromatic carbocycles. The van der Waals surface area contributed by atoms with Crippen LogP contribution in [0.5, 0.6) is 0 Å². The molecule has 0 radical (unpaired) electrons. The molecular weight excluding hydrogens is 268 g/mol. The molecule has 0 bridgehead atoms. The fraction of sp³-hybridized carbons (Fsp3) is 0.500. The van der Waals surface area contributed by atoms with Crippen LogP contribution in [0, 0.1) is 11.8 Å². The van der Waals surface area contributed by atoms with Crippen LogP contribution in [-0.4, -0.2) is 6.18 Å². The molecule has 1 unspecified atom stereocenters. The first kappa shape index (κ1) is 18.7. The molecule has 0 saturated carbocycles. The smallest absolute Gasteiger partial charge is 0.206 e. The summed E-state index contributed by atoms with van der Waals surface area (Å²) in [7, 11) is 0. The van der Waals surface area contributed by atoms with E-state index in [0.717, 1.165) is 18.9 Å². The van der Waals surface area contributed by atoms with Crippen molar-refractivity contribution in [2.75, 3.05) is 0 Å². The predicted octanol–water partition coefficient (Wildman–Crippen LogP) is 6.14. The predicted molar refractivity (Wildman–Crippen MR) is 75.9 cm³/mol. The van der Waals surface area contributed by atoms with Gasteiger partial charge in [-0.3, -0.25) is 0 Å². The fourth-order valence-corrected chi connectivity index (χ4v) is 1.44. The first-order valence-electron chi connectivity index (χ1n) is 6.54. The highest BCUT2D eigenvalue weighted by molar-refractivity contribution is 5.37. The molecule has 114 valence electrons.